The molecule has 0 heterocycles. The molecule has 0 aliphatic heterocycles. The van der Waals surface area contributed by atoms with Crippen molar-refractivity contribution in [2.45, 2.75) is 6.92 Å². The van der Waals surface area contributed by atoms with E-state index < -0.39 is 5.97 Å². The van der Waals surface area contributed by atoms with Crippen LogP contribution in [0.15, 0.2) is 40.9 Å². The van der Waals surface area contributed by atoms with Gasteiger partial charge in [0.1, 0.15) is 0 Å². The fraction of sp³-hybridized carbons (Fsp3) is 0.158. The van der Waals surface area contributed by atoms with Crippen molar-refractivity contribution in [2.75, 3.05) is 13.7 Å². The molecule has 25 heavy (non-hydrogen) atoms. The van der Waals surface area contributed by atoms with Gasteiger partial charge in [0.2, 0.25) is 0 Å². The van der Waals surface area contributed by atoms with Gasteiger partial charge in [0.25, 0.3) is 0 Å². The smallest absolute Gasteiger partial charge is 0.335 e. The number of allylic oxidation sites excluding steroid dienone is 1. The van der Waals surface area contributed by atoms with E-state index in [0.29, 0.717) is 33.7 Å². The van der Waals surface area contributed by atoms with Gasteiger partial charge < -0.3 is 14.6 Å². The van der Waals surface area contributed by atoms with Crippen molar-refractivity contribution in [1.82, 2.24) is 0 Å². The third kappa shape index (κ3) is 4.40. The van der Waals surface area contributed by atoms with Crippen molar-refractivity contribution < 1.29 is 19.4 Å². The van der Waals surface area contributed by atoms with Crippen LogP contribution in [0.3, 0.4) is 0 Å². The Morgan fingerprint density at radius 2 is 1.92 bits per heavy atom. The highest BCUT2D eigenvalue weighted by Gasteiger charge is 2.11. The summed E-state index contributed by atoms with van der Waals surface area (Å²) in [5, 5.41) is 18.4. The van der Waals surface area contributed by atoms with Crippen LogP contribution in [-0.4, -0.2) is 24.8 Å². The van der Waals surface area contributed by atoms with E-state index in [-0.39, 0.29) is 5.56 Å². The lowest BCUT2D eigenvalue weighted by atomic mass is 10.0. The van der Waals surface area contributed by atoms with Gasteiger partial charge >= 0.3 is 5.97 Å². The fourth-order valence-corrected chi connectivity index (χ4v) is 2.89. The third-order valence-electron chi connectivity index (χ3n) is 3.41. The summed E-state index contributed by atoms with van der Waals surface area (Å²) in [5.41, 5.74) is 1.98. The van der Waals surface area contributed by atoms with Crippen molar-refractivity contribution >= 4 is 33.5 Å². The molecule has 2 rings (SSSR count). The van der Waals surface area contributed by atoms with Crippen LogP contribution in [0.5, 0.6) is 11.5 Å². The Hall–Kier alpha value is -2.78. The first-order valence-corrected chi connectivity index (χ1v) is 8.25. The maximum atomic E-state index is 10.9. The maximum Gasteiger partial charge on any atom is 0.335 e. The summed E-state index contributed by atoms with van der Waals surface area (Å²) in [6.07, 6.45) is 1.71. The molecule has 0 amide bonds. The van der Waals surface area contributed by atoms with Gasteiger partial charge in [0.15, 0.2) is 11.5 Å². The van der Waals surface area contributed by atoms with E-state index in [0.717, 1.165) is 5.56 Å². The summed E-state index contributed by atoms with van der Waals surface area (Å²) < 4.78 is 11.6. The lowest BCUT2D eigenvalue weighted by molar-refractivity contribution is 0.0697. The van der Waals surface area contributed by atoms with Gasteiger partial charge in [-0.15, -0.1) is 0 Å². The molecule has 0 aliphatic rings. The highest BCUT2D eigenvalue weighted by Crippen LogP contribution is 2.37. The van der Waals surface area contributed by atoms with Gasteiger partial charge in [-0.05, 0) is 64.3 Å². The molecule has 0 aromatic heterocycles. The minimum atomic E-state index is -1.01. The van der Waals surface area contributed by atoms with Crippen LogP contribution >= 0.6 is 15.9 Å². The van der Waals surface area contributed by atoms with E-state index in [1.807, 2.05) is 13.0 Å². The second-order valence-corrected chi connectivity index (χ2v) is 5.87. The summed E-state index contributed by atoms with van der Waals surface area (Å²) in [7, 11) is 1.56. The van der Waals surface area contributed by atoms with Gasteiger partial charge in [-0.3, -0.25) is 0 Å². The number of hydrogen-bond donors (Lipinski definition) is 1. The number of methoxy groups -OCH3 is 1. The summed E-state index contributed by atoms with van der Waals surface area (Å²) >= 11 is 3.44. The predicted molar refractivity (Wildman–Crippen MR) is 98.7 cm³/mol. The number of carboxylic acid groups (broad SMARTS) is 1. The number of hydrogen-bond acceptors (Lipinski definition) is 4. The highest BCUT2D eigenvalue weighted by atomic mass is 79.9. The van der Waals surface area contributed by atoms with Crippen molar-refractivity contribution in [3.8, 4) is 17.6 Å². The first-order valence-electron chi connectivity index (χ1n) is 7.46. The van der Waals surface area contributed by atoms with Crippen LogP contribution in [-0.2, 0) is 0 Å². The Morgan fingerprint density at radius 1 is 1.28 bits per heavy atom. The Labute approximate surface area is 154 Å². The Kier molecular flexibility index (Phi) is 6.20. The molecular formula is C19H16BrNO4. The van der Waals surface area contributed by atoms with Gasteiger partial charge in [0, 0.05) is 0 Å². The minimum absolute atomic E-state index is 0.173. The number of aromatic carboxylic acids is 1. The Balaban J connectivity index is 2.45. The molecule has 0 aliphatic carbocycles. The molecule has 0 unspecified atom stereocenters. The molecule has 0 bridgehead atoms. The molecule has 2 aromatic rings. The molecule has 0 atom stereocenters. The molecule has 0 saturated heterocycles. The molecule has 1 N–H and O–H groups in total. The average Bonchev–Trinajstić information content (AvgIpc) is 2.60. The second-order valence-electron chi connectivity index (χ2n) is 5.02. The largest absolute Gasteiger partial charge is 0.492 e. The monoisotopic (exact) mass is 401 g/mol. The maximum absolute atomic E-state index is 10.9. The molecule has 0 spiro atoms. The number of carbonyl (C=O) groups is 1. The molecular weight excluding hydrogens is 386 g/mol. The van der Waals surface area contributed by atoms with Gasteiger partial charge in [-0.25, -0.2) is 4.79 Å². The van der Waals surface area contributed by atoms with Crippen LogP contribution in [0.1, 0.15) is 28.4 Å². The average molecular weight is 402 g/mol. The van der Waals surface area contributed by atoms with Crippen LogP contribution in [0.2, 0.25) is 0 Å². The molecule has 0 fully saturated rings. The van der Waals surface area contributed by atoms with Crippen molar-refractivity contribution in [3.05, 3.63) is 57.6 Å². The molecule has 5 nitrogen and oxygen atoms in total. The summed E-state index contributed by atoms with van der Waals surface area (Å²) in [4.78, 5) is 10.9. The summed E-state index contributed by atoms with van der Waals surface area (Å²) in [6, 6.07) is 11.9. The first kappa shape index (κ1) is 18.6. The van der Waals surface area contributed by atoms with Crippen LogP contribution in [0, 0.1) is 11.3 Å². The van der Waals surface area contributed by atoms with Crippen molar-refractivity contribution in [2.24, 2.45) is 0 Å². The van der Waals surface area contributed by atoms with Crippen LogP contribution in [0.4, 0.5) is 0 Å². The highest BCUT2D eigenvalue weighted by molar-refractivity contribution is 9.10. The first-order chi connectivity index (χ1) is 12.0. The van der Waals surface area contributed by atoms with E-state index in [9.17, 15) is 10.1 Å². The zero-order valence-electron chi connectivity index (χ0n) is 13.7. The van der Waals surface area contributed by atoms with Gasteiger partial charge in [-0.1, -0.05) is 12.1 Å². The molecule has 0 radical (unpaired) electrons. The standard InChI is InChI=1S/C19H16BrNO4/c1-3-25-17-10-12(9-16(20)18(17)24-2)8-15(11-21)13-4-6-14(7-5-13)19(22)23/h4-10H,3H2,1-2H3,(H,22,23). The Morgan fingerprint density at radius 3 is 2.44 bits per heavy atom. The zero-order chi connectivity index (χ0) is 18.4. The quantitative estimate of drug-likeness (QED) is 0.564. The lowest BCUT2D eigenvalue weighted by Gasteiger charge is -2.12. The van der Waals surface area contributed by atoms with Crippen LogP contribution in [0.25, 0.3) is 11.6 Å². The number of nitrogens with zero attached hydrogens (tertiary/aromatic N) is 1. The number of nitriles is 1. The van der Waals surface area contributed by atoms with E-state index in [4.69, 9.17) is 14.6 Å². The van der Waals surface area contributed by atoms with Gasteiger partial charge in [-0.2, -0.15) is 5.26 Å². The number of benzene rings is 2. The molecule has 128 valence electrons. The lowest BCUT2D eigenvalue weighted by Crippen LogP contribution is -1.97. The number of halogens is 1. The minimum Gasteiger partial charge on any atom is -0.492 e. The molecule has 2 aromatic carbocycles. The molecule has 0 saturated carbocycles. The van der Waals surface area contributed by atoms with E-state index in [1.54, 1.807) is 31.4 Å². The van der Waals surface area contributed by atoms with Crippen molar-refractivity contribution in [1.29, 1.82) is 5.26 Å². The van der Waals surface area contributed by atoms with E-state index >= 15 is 0 Å². The third-order valence-corrected chi connectivity index (χ3v) is 4.00. The summed E-state index contributed by atoms with van der Waals surface area (Å²) in [6.45, 7) is 2.36. The second kappa shape index (κ2) is 8.36. The number of carboxylic acids is 1. The summed E-state index contributed by atoms with van der Waals surface area (Å²) in [5.74, 6) is 0.155. The normalized spacial score (nSPS) is 10.9. The van der Waals surface area contributed by atoms with Crippen molar-refractivity contribution in [3.63, 3.8) is 0 Å². The van der Waals surface area contributed by atoms with Gasteiger partial charge in [0.05, 0.1) is 35.4 Å². The fourth-order valence-electron chi connectivity index (χ4n) is 2.27. The Bertz CT molecular complexity index is 851. The topological polar surface area (TPSA) is 79.5 Å². The zero-order valence-corrected chi connectivity index (χ0v) is 15.3. The van der Waals surface area contributed by atoms with Crippen LogP contribution < -0.4 is 9.47 Å². The predicted octanol–water partition coefficient (Wildman–Crippen LogP) is 4.62. The SMILES string of the molecule is CCOc1cc(C=C(C#N)c2ccc(C(=O)O)cc2)cc(Br)c1OC. The number of rotatable bonds is 6. The van der Waals surface area contributed by atoms with E-state index in [2.05, 4.69) is 22.0 Å². The number of ether oxygens (including phenoxy) is 2. The van der Waals surface area contributed by atoms with E-state index in [1.165, 1.54) is 12.1 Å². The molecule has 6 heteroatoms.